The third-order valence-corrected chi connectivity index (χ3v) is 7.86. The van der Waals surface area contributed by atoms with Crippen LogP contribution in [-0.4, -0.2) is 42.8 Å². The number of carboxylic acids is 1. The van der Waals surface area contributed by atoms with Gasteiger partial charge in [0.15, 0.2) is 5.78 Å². The zero-order valence-corrected chi connectivity index (χ0v) is 21.2. The van der Waals surface area contributed by atoms with Crippen molar-refractivity contribution in [2.24, 2.45) is 5.92 Å². The summed E-state index contributed by atoms with van der Waals surface area (Å²) in [6, 6.07) is 12.0. The minimum absolute atomic E-state index is 0.0984. The highest BCUT2D eigenvalue weighted by Crippen LogP contribution is 2.31. The highest BCUT2D eigenvalue weighted by atomic mass is 35.5. The van der Waals surface area contributed by atoms with E-state index in [1.807, 2.05) is 6.07 Å². The number of hydrogen-bond donors (Lipinski definition) is 3. The van der Waals surface area contributed by atoms with E-state index in [1.54, 1.807) is 42.7 Å². The summed E-state index contributed by atoms with van der Waals surface area (Å²) in [6.07, 6.45) is 4.52. The molecule has 0 spiro atoms. The van der Waals surface area contributed by atoms with Crippen LogP contribution in [-0.2, 0) is 19.6 Å². The summed E-state index contributed by atoms with van der Waals surface area (Å²) in [5.74, 6) is -3.69. The Balaban J connectivity index is 1.76. The molecule has 1 fully saturated rings. The largest absolute Gasteiger partial charge is 0.481 e. The summed E-state index contributed by atoms with van der Waals surface area (Å²) in [7, 11) is -4.32. The molecular formula is C25H23Cl2N3O5S. The minimum atomic E-state index is -4.32. The first-order valence-electron chi connectivity index (χ1n) is 11.1. The number of carbonyl (C=O) groups is 2. The number of carbonyl (C=O) groups excluding carboxylic acids is 1. The van der Waals surface area contributed by atoms with Crippen molar-refractivity contribution in [1.82, 2.24) is 15.0 Å². The van der Waals surface area contributed by atoms with Gasteiger partial charge in [-0.05, 0) is 60.3 Å². The van der Waals surface area contributed by atoms with Crippen molar-refractivity contribution in [2.45, 2.75) is 29.8 Å². The lowest BCUT2D eigenvalue weighted by Gasteiger charge is -2.27. The number of Topliss-reactive ketones (excluding diaryl/α,β-unsaturated/α-hetero) is 1. The maximum atomic E-state index is 13.3. The molecule has 11 heteroatoms. The van der Waals surface area contributed by atoms with Crippen molar-refractivity contribution < 1.29 is 23.1 Å². The molecule has 0 saturated carbocycles. The summed E-state index contributed by atoms with van der Waals surface area (Å²) >= 11 is 12.0. The Kier molecular flexibility index (Phi) is 8.07. The molecule has 0 bridgehead atoms. The molecule has 188 valence electrons. The molecule has 0 amide bonds. The van der Waals surface area contributed by atoms with Gasteiger partial charge in [-0.1, -0.05) is 53.5 Å². The fourth-order valence-corrected chi connectivity index (χ4v) is 6.20. The lowest BCUT2D eigenvalue weighted by molar-refractivity contribution is -0.148. The molecule has 4 rings (SSSR count). The van der Waals surface area contributed by atoms with Crippen molar-refractivity contribution >= 4 is 45.0 Å². The zero-order valence-electron chi connectivity index (χ0n) is 18.9. The molecule has 2 heterocycles. The number of aliphatic carboxylic acids is 1. The van der Waals surface area contributed by atoms with Gasteiger partial charge in [-0.25, -0.2) is 13.1 Å². The molecule has 3 N–H and O–H groups in total. The topological polar surface area (TPSA) is 125 Å². The van der Waals surface area contributed by atoms with Gasteiger partial charge >= 0.3 is 5.97 Å². The number of nitrogens with zero attached hydrogens (tertiary/aromatic N) is 1. The Labute approximate surface area is 218 Å². The predicted octanol–water partition coefficient (Wildman–Crippen LogP) is 4.10. The van der Waals surface area contributed by atoms with Crippen LogP contribution in [0.2, 0.25) is 10.0 Å². The van der Waals surface area contributed by atoms with Gasteiger partial charge < -0.3 is 10.4 Å². The van der Waals surface area contributed by atoms with Crippen LogP contribution in [0.5, 0.6) is 0 Å². The van der Waals surface area contributed by atoms with Crippen LogP contribution < -0.4 is 10.0 Å². The first kappa shape index (κ1) is 26.2. The van der Waals surface area contributed by atoms with Crippen LogP contribution in [0.25, 0.3) is 11.1 Å². The number of rotatable bonds is 9. The van der Waals surface area contributed by atoms with E-state index in [9.17, 15) is 23.1 Å². The van der Waals surface area contributed by atoms with E-state index in [2.05, 4.69) is 15.0 Å². The van der Waals surface area contributed by atoms with Gasteiger partial charge in [-0.3, -0.25) is 14.6 Å². The summed E-state index contributed by atoms with van der Waals surface area (Å²) < 4.78 is 29.1. The average Bonchev–Trinajstić information content (AvgIpc) is 3.38. The van der Waals surface area contributed by atoms with E-state index in [0.29, 0.717) is 18.5 Å². The zero-order chi connectivity index (χ0) is 25.9. The normalized spacial score (nSPS) is 17.4. The SMILES string of the molecule is O=C(O)[C@H](C(=O)C1CCCN1)[C@@H](NS(=O)(=O)c1cc(Cl)cc(Cl)c1)c1ccc(-c2cccnc2)cc1. The van der Waals surface area contributed by atoms with E-state index < -0.39 is 39.8 Å². The van der Waals surface area contributed by atoms with Gasteiger partial charge in [0.25, 0.3) is 0 Å². The number of halogens is 2. The molecule has 8 nitrogen and oxygen atoms in total. The molecule has 1 aliphatic rings. The van der Waals surface area contributed by atoms with Gasteiger partial charge in [0, 0.05) is 22.4 Å². The average molecular weight is 548 g/mol. The maximum Gasteiger partial charge on any atom is 0.316 e. The highest BCUT2D eigenvalue weighted by molar-refractivity contribution is 7.89. The number of carboxylic acid groups (broad SMARTS) is 1. The van der Waals surface area contributed by atoms with Gasteiger partial charge in [0.2, 0.25) is 10.0 Å². The highest BCUT2D eigenvalue weighted by Gasteiger charge is 2.42. The second-order valence-electron chi connectivity index (χ2n) is 8.44. The molecule has 1 unspecified atom stereocenters. The van der Waals surface area contributed by atoms with Crippen molar-refractivity contribution in [3.8, 4) is 11.1 Å². The molecule has 3 atom stereocenters. The lowest BCUT2D eigenvalue weighted by Crippen LogP contribution is -2.46. The van der Waals surface area contributed by atoms with E-state index in [-0.39, 0.29) is 14.9 Å². The molecule has 2 aromatic carbocycles. The Hall–Kier alpha value is -2.82. The second-order valence-corrected chi connectivity index (χ2v) is 11.0. The smallest absolute Gasteiger partial charge is 0.316 e. The number of pyridine rings is 1. The van der Waals surface area contributed by atoms with E-state index in [1.165, 1.54) is 18.2 Å². The van der Waals surface area contributed by atoms with Crippen LogP contribution in [0.15, 0.2) is 71.9 Å². The van der Waals surface area contributed by atoms with Crippen LogP contribution in [0, 0.1) is 5.92 Å². The number of hydrogen-bond acceptors (Lipinski definition) is 6. The molecule has 1 aliphatic heterocycles. The Morgan fingerprint density at radius 3 is 2.31 bits per heavy atom. The first-order valence-corrected chi connectivity index (χ1v) is 13.4. The summed E-state index contributed by atoms with van der Waals surface area (Å²) in [4.78, 5) is 29.5. The van der Waals surface area contributed by atoms with Gasteiger partial charge in [0.1, 0.15) is 5.92 Å². The van der Waals surface area contributed by atoms with Crippen LogP contribution in [0.4, 0.5) is 0 Å². The van der Waals surface area contributed by atoms with E-state index >= 15 is 0 Å². The summed E-state index contributed by atoms with van der Waals surface area (Å²) in [6.45, 7) is 0.583. The molecule has 1 aromatic heterocycles. The fourth-order valence-electron chi connectivity index (χ4n) is 4.24. The van der Waals surface area contributed by atoms with E-state index in [0.717, 1.165) is 17.5 Å². The Morgan fingerprint density at radius 2 is 1.75 bits per heavy atom. The third-order valence-electron chi connectivity index (χ3n) is 6.00. The fraction of sp³-hybridized carbons (Fsp3) is 0.240. The minimum Gasteiger partial charge on any atom is -0.481 e. The summed E-state index contributed by atoms with van der Waals surface area (Å²) in [5.41, 5.74) is 1.94. The van der Waals surface area contributed by atoms with Crippen molar-refractivity contribution in [3.05, 3.63) is 82.6 Å². The standard InChI is InChI=1S/C25H23Cl2N3O5S/c26-18-11-19(27)13-20(12-18)36(34,35)30-23(22(25(32)33)24(31)21-4-2-10-29-21)16-7-5-15(6-8-16)17-3-1-9-28-14-17/h1,3,5-9,11-14,21-23,29-30H,2,4,10H2,(H,32,33)/t21?,22-,23-/m0/s1. The Bertz CT molecular complexity index is 1340. The number of aromatic nitrogens is 1. The van der Waals surface area contributed by atoms with Crippen molar-refractivity contribution in [1.29, 1.82) is 0 Å². The molecule has 0 radical (unpaired) electrons. The van der Waals surface area contributed by atoms with Crippen LogP contribution in [0.3, 0.4) is 0 Å². The lowest BCUT2D eigenvalue weighted by atomic mass is 9.86. The van der Waals surface area contributed by atoms with Crippen molar-refractivity contribution in [2.75, 3.05) is 6.54 Å². The number of sulfonamides is 1. The number of ketones is 1. The predicted molar refractivity (Wildman–Crippen MR) is 136 cm³/mol. The summed E-state index contributed by atoms with van der Waals surface area (Å²) in [5, 5.41) is 13.3. The second kappa shape index (κ2) is 11.1. The van der Waals surface area contributed by atoms with Crippen molar-refractivity contribution in [3.63, 3.8) is 0 Å². The number of nitrogens with one attached hydrogen (secondary N) is 2. The quantitative estimate of drug-likeness (QED) is 0.344. The van der Waals surface area contributed by atoms with E-state index in [4.69, 9.17) is 23.2 Å². The van der Waals surface area contributed by atoms with Gasteiger partial charge in [-0.15, -0.1) is 0 Å². The van der Waals surface area contributed by atoms with Gasteiger partial charge in [-0.2, -0.15) is 0 Å². The first-order chi connectivity index (χ1) is 17.2. The maximum absolute atomic E-state index is 13.3. The molecule has 36 heavy (non-hydrogen) atoms. The molecular weight excluding hydrogens is 525 g/mol. The monoisotopic (exact) mass is 547 g/mol. The third kappa shape index (κ3) is 5.93. The molecule has 3 aromatic rings. The van der Waals surface area contributed by atoms with Crippen LogP contribution in [0.1, 0.15) is 24.4 Å². The van der Waals surface area contributed by atoms with Gasteiger partial charge in [0.05, 0.1) is 17.0 Å². The molecule has 1 saturated heterocycles. The van der Waals surface area contributed by atoms with Crippen LogP contribution >= 0.6 is 23.2 Å². The number of benzene rings is 2. The molecule has 0 aliphatic carbocycles. The Morgan fingerprint density at radius 1 is 1.06 bits per heavy atom.